The molecule has 0 heterocycles. The first-order valence-corrected chi connectivity index (χ1v) is 3.93. The van der Waals surface area contributed by atoms with Gasteiger partial charge in [0.2, 0.25) is 0 Å². The van der Waals surface area contributed by atoms with Crippen molar-refractivity contribution in [2.75, 3.05) is 5.73 Å². The van der Waals surface area contributed by atoms with Crippen LogP contribution < -0.4 is 5.73 Å². The molecule has 14 heavy (non-hydrogen) atoms. The number of rotatable bonds is 0. The maximum absolute atomic E-state index is 8.68. The average molecular weight is 181 g/mol. The molecular formula is C11H7N3. The third-order valence-electron chi connectivity index (χ3n) is 1.57. The lowest BCUT2D eigenvalue weighted by Gasteiger charge is -1.96. The summed E-state index contributed by atoms with van der Waals surface area (Å²) in [4.78, 5) is 0. The van der Waals surface area contributed by atoms with Crippen LogP contribution in [-0.2, 0) is 0 Å². The molecule has 2 N–H and O–H groups in total. The Labute approximate surface area is 82.4 Å². The monoisotopic (exact) mass is 181 g/mol. The van der Waals surface area contributed by atoms with Gasteiger partial charge < -0.3 is 5.73 Å². The Morgan fingerprint density at radius 2 is 2.07 bits per heavy atom. The van der Waals surface area contributed by atoms with E-state index in [4.69, 9.17) is 16.3 Å². The zero-order chi connectivity index (χ0) is 10.4. The lowest BCUT2D eigenvalue weighted by atomic mass is 10.1. The number of anilines is 1. The van der Waals surface area contributed by atoms with E-state index in [1.807, 2.05) is 12.1 Å². The van der Waals surface area contributed by atoms with Gasteiger partial charge in [-0.1, -0.05) is 11.8 Å². The maximum Gasteiger partial charge on any atom is 0.101 e. The van der Waals surface area contributed by atoms with Crippen LogP contribution in [0.25, 0.3) is 0 Å². The Hall–Kier alpha value is -2.44. The first-order chi connectivity index (χ1) is 6.77. The fourth-order valence-corrected chi connectivity index (χ4v) is 0.917. The Balaban J connectivity index is 3.00. The third kappa shape index (κ3) is 2.27. The SMILES string of the molecule is N#CCC#Cc1ccc(N)c(C#N)c1. The summed E-state index contributed by atoms with van der Waals surface area (Å²) in [7, 11) is 0. The van der Waals surface area contributed by atoms with Gasteiger partial charge in [-0.05, 0) is 18.2 Å². The van der Waals surface area contributed by atoms with Crippen LogP contribution in [0.15, 0.2) is 18.2 Å². The van der Waals surface area contributed by atoms with Gasteiger partial charge in [0.25, 0.3) is 0 Å². The molecule has 3 nitrogen and oxygen atoms in total. The molecule has 0 unspecified atom stereocenters. The Morgan fingerprint density at radius 3 is 2.71 bits per heavy atom. The van der Waals surface area contributed by atoms with Crippen molar-refractivity contribution in [1.82, 2.24) is 0 Å². The molecule has 66 valence electrons. The van der Waals surface area contributed by atoms with Gasteiger partial charge in [0.15, 0.2) is 0 Å². The number of nitriles is 2. The fraction of sp³-hybridized carbons (Fsp3) is 0.0909. The second-order valence-electron chi connectivity index (χ2n) is 2.55. The summed E-state index contributed by atoms with van der Waals surface area (Å²) < 4.78 is 0. The molecule has 0 fully saturated rings. The van der Waals surface area contributed by atoms with E-state index in [9.17, 15) is 0 Å². The number of nitrogens with two attached hydrogens (primary N) is 1. The van der Waals surface area contributed by atoms with Crippen LogP contribution in [0.1, 0.15) is 17.5 Å². The van der Waals surface area contributed by atoms with Crippen LogP contribution in [-0.4, -0.2) is 0 Å². The number of benzene rings is 1. The predicted molar refractivity (Wildman–Crippen MR) is 52.7 cm³/mol. The second kappa shape index (κ2) is 4.55. The maximum atomic E-state index is 8.68. The fourth-order valence-electron chi connectivity index (χ4n) is 0.917. The molecule has 0 aliphatic rings. The number of nitrogens with zero attached hydrogens (tertiary/aromatic N) is 2. The normalized spacial score (nSPS) is 7.86. The summed E-state index contributed by atoms with van der Waals surface area (Å²) >= 11 is 0. The van der Waals surface area contributed by atoms with Gasteiger partial charge in [-0.3, -0.25) is 0 Å². The molecule has 0 saturated carbocycles. The molecular weight excluding hydrogens is 174 g/mol. The van der Waals surface area contributed by atoms with Crippen molar-refractivity contribution < 1.29 is 0 Å². The molecule has 1 rings (SSSR count). The van der Waals surface area contributed by atoms with Crippen molar-refractivity contribution in [3.05, 3.63) is 29.3 Å². The third-order valence-corrected chi connectivity index (χ3v) is 1.57. The highest BCUT2D eigenvalue weighted by atomic mass is 14.6. The van der Waals surface area contributed by atoms with E-state index in [-0.39, 0.29) is 6.42 Å². The molecule has 0 saturated heterocycles. The molecule has 3 heteroatoms. The van der Waals surface area contributed by atoms with E-state index in [0.29, 0.717) is 16.8 Å². The zero-order valence-electron chi connectivity index (χ0n) is 7.41. The molecule has 0 aliphatic heterocycles. The van der Waals surface area contributed by atoms with E-state index >= 15 is 0 Å². The number of hydrogen-bond acceptors (Lipinski definition) is 3. The zero-order valence-corrected chi connectivity index (χ0v) is 7.41. The molecule has 0 radical (unpaired) electrons. The molecule has 0 bridgehead atoms. The topological polar surface area (TPSA) is 73.6 Å². The summed E-state index contributed by atoms with van der Waals surface area (Å²) in [6.07, 6.45) is 0.187. The largest absolute Gasteiger partial charge is 0.398 e. The minimum absolute atomic E-state index is 0.187. The smallest absolute Gasteiger partial charge is 0.101 e. The molecule has 0 amide bonds. The van der Waals surface area contributed by atoms with Gasteiger partial charge in [-0.25, -0.2) is 0 Å². The summed E-state index contributed by atoms with van der Waals surface area (Å²) in [6, 6.07) is 8.85. The average Bonchev–Trinajstić information content (AvgIpc) is 2.21. The highest BCUT2D eigenvalue weighted by Gasteiger charge is 1.97. The van der Waals surface area contributed by atoms with E-state index in [1.165, 1.54) is 0 Å². The lowest BCUT2D eigenvalue weighted by molar-refractivity contribution is 1.39. The van der Waals surface area contributed by atoms with Gasteiger partial charge in [-0.2, -0.15) is 10.5 Å². The molecule has 1 aromatic carbocycles. The second-order valence-corrected chi connectivity index (χ2v) is 2.55. The van der Waals surface area contributed by atoms with Crippen LogP contribution in [0.5, 0.6) is 0 Å². The Morgan fingerprint density at radius 1 is 1.29 bits per heavy atom. The van der Waals surface area contributed by atoms with Crippen LogP contribution in [0.2, 0.25) is 0 Å². The van der Waals surface area contributed by atoms with Crippen molar-refractivity contribution in [3.8, 4) is 24.0 Å². The van der Waals surface area contributed by atoms with Crippen molar-refractivity contribution in [2.45, 2.75) is 6.42 Å². The lowest BCUT2D eigenvalue weighted by Crippen LogP contribution is -1.90. The van der Waals surface area contributed by atoms with Crippen molar-refractivity contribution in [2.24, 2.45) is 0 Å². The summed E-state index contributed by atoms with van der Waals surface area (Å²) in [5, 5.41) is 16.9. The summed E-state index contributed by atoms with van der Waals surface area (Å²) in [5.41, 5.74) is 7.09. The highest BCUT2D eigenvalue weighted by molar-refractivity contribution is 5.57. The van der Waals surface area contributed by atoms with Crippen LogP contribution in [0, 0.1) is 34.5 Å². The minimum Gasteiger partial charge on any atom is -0.398 e. The van der Waals surface area contributed by atoms with E-state index in [2.05, 4.69) is 11.8 Å². The van der Waals surface area contributed by atoms with Crippen molar-refractivity contribution >= 4 is 5.69 Å². The quantitative estimate of drug-likeness (QED) is 0.485. The standard InChI is InChI=1S/C11H7N3/c12-6-2-1-3-9-4-5-11(14)10(7-9)8-13/h4-5,7H,2,14H2. The van der Waals surface area contributed by atoms with Crippen molar-refractivity contribution in [1.29, 1.82) is 10.5 Å². The van der Waals surface area contributed by atoms with E-state index in [1.54, 1.807) is 18.2 Å². The van der Waals surface area contributed by atoms with Crippen LogP contribution in [0.3, 0.4) is 0 Å². The Bertz CT molecular complexity index is 478. The van der Waals surface area contributed by atoms with Gasteiger partial charge >= 0.3 is 0 Å². The predicted octanol–water partition coefficient (Wildman–Crippen LogP) is 1.41. The molecule has 0 spiro atoms. The van der Waals surface area contributed by atoms with Gasteiger partial charge in [0.05, 0.1) is 18.1 Å². The van der Waals surface area contributed by atoms with Gasteiger partial charge in [0, 0.05) is 11.3 Å². The first kappa shape index (κ1) is 9.65. The first-order valence-electron chi connectivity index (χ1n) is 3.93. The highest BCUT2D eigenvalue weighted by Crippen LogP contribution is 2.11. The molecule has 0 atom stereocenters. The van der Waals surface area contributed by atoms with E-state index in [0.717, 1.165) is 0 Å². The molecule has 1 aromatic rings. The van der Waals surface area contributed by atoms with Crippen LogP contribution >= 0.6 is 0 Å². The number of hydrogen-bond donors (Lipinski definition) is 1. The summed E-state index contributed by atoms with van der Waals surface area (Å²) in [5.74, 6) is 5.43. The molecule has 0 aliphatic carbocycles. The summed E-state index contributed by atoms with van der Waals surface area (Å²) in [6.45, 7) is 0. The van der Waals surface area contributed by atoms with Gasteiger partial charge in [-0.15, -0.1) is 0 Å². The van der Waals surface area contributed by atoms with Crippen LogP contribution in [0.4, 0.5) is 5.69 Å². The van der Waals surface area contributed by atoms with Crippen molar-refractivity contribution in [3.63, 3.8) is 0 Å². The Kier molecular flexibility index (Phi) is 3.14. The molecule has 0 aromatic heterocycles. The number of nitrogen functional groups attached to an aromatic ring is 1. The van der Waals surface area contributed by atoms with Gasteiger partial charge in [0.1, 0.15) is 6.07 Å². The van der Waals surface area contributed by atoms with E-state index < -0.39 is 0 Å². The minimum atomic E-state index is 0.187.